The van der Waals surface area contributed by atoms with Crippen molar-refractivity contribution in [3.63, 3.8) is 0 Å². The van der Waals surface area contributed by atoms with Crippen molar-refractivity contribution in [1.29, 1.82) is 0 Å². The van der Waals surface area contributed by atoms with Gasteiger partial charge in [-0.15, -0.1) is 0 Å². The Morgan fingerprint density at radius 2 is 2.19 bits per heavy atom. The zero-order valence-electron chi connectivity index (χ0n) is 9.65. The highest BCUT2D eigenvalue weighted by Gasteiger charge is 2.33. The Morgan fingerprint density at radius 1 is 1.44 bits per heavy atom. The maximum atomic E-state index is 11.6. The number of primary amides is 1. The predicted octanol–water partition coefficient (Wildman–Crippen LogP) is -0.828. The van der Waals surface area contributed by atoms with E-state index in [1.807, 2.05) is 0 Å². The summed E-state index contributed by atoms with van der Waals surface area (Å²) >= 11 is 0. The lowest BCUT2D eigenvalue weighted by molar-refractivity contribution is -0.127. The molecule has 2 heterocycles. The largest absolute Gasteiger partial charge is 0.381 e. The van der Waals surface area contributed by atoms with Crippen LogP contribution >= 0.6 is 0 Å². The molecule has 2 rings (SSSR count). The number of hydrogen-bond acceptors (Lipinski definition) is 4. The van der Waals surface area contributed by atoms with Crippen LogP contribution in [0.25, 0.3) is 0 Å². The molecule has 2 atom stereocenters. The van der Waals surface area contributed by atoms with Gasteiger partial charge in [-0.2, -0.15) is 0 Å². The molecule has 0 saturated carbocycles. The molecule has 3 N–H and O–H groups in total. The van der Waals surface area contributed by atoms with Crippen LogP contribution in [-0.4, -0.2) is 56.2 Å². The van der Waals surface area contributed by atoms with E-state index in [1.165, 1.54) is 0 Å². The van der Waals surface area contributed by atoms with Crippen LogP contribution in [0, 0.1) is 5.92 Å². The van der Waals surface area contributed by atoms with Crippen molar-refractivity contribution in [3.05, 3.63) is 0 Å². The van der Waals surface area contributed by atoms with Gasteiger partial charge in [-0.25, -0.2) is 0 Å². The molecule has 0 aromatic heterocycles. The maximum absolute atomic E-state index is 11.6. The van der Waals surface area contributed by atoms with E-state index in [4.69, 9.17) is 10.5 Å². The highest BCUT2D eigenvalue weighted by atomic mass is 16.5. The van der Waals surface area contributed by atoms with Gasteiger partial charge in [-0.05, 0) is 12.8 Å². The molecular weight excluding hydrogens is 206 g/mol. The van der Waals surface area contributed by atoms with Gasteiger partial charge < -0.3 is 15.8 Å². The Labute approximate surface area is 96.3 Å². The number of ether oxygens (including phenoxy) is 1. The van der Waals surface area contributed by atoms with Crippen molar-refractivity contribution >= 4 is 5.91 Å². The number of piperazine rings is 1. The minimum atomic E-state index is -0.197. The molecule has 92 valence electrons. The Morgan fingerprint density at radius 3 is 2.75 bits per heavy atom. The molecule has 16 heavy (non-hydrogen) atoms. The topological polar surface area (TPSA) is 67.6 Å². The second-order valence-corrected chi connectivity index (χ2v) is 4.61. The van der Waals surface area contributed by atoms with E-state index in [9.17, 15) is 4.79 Å². The summed E-state index contributed by atoms with van der Waals surface area (Å²) in [4.78, 5) is 13.8. The Kier molecular flexibility index (Phi) is 4.15. The van der Waals surface area contributed by atoms with Crippen LogP contribution < -0.4 is 11.1 Å². The first-order chi connectivity index (χ1) is 7.79. The quantitative estimate of drug-likeness (QED) is 0.660. The van der Waals surface area contributed by atoms with Crippen molar-refractivity contribution in [2.45, 2.75) is 18.9 Å². The van der Waals surface area contributed by atoms with Gasteiger partial charge >= 0.3 is 0 Å². The van der Waals surface area contributed by atoms with E-state index in [0.717, 1.165) is 45.6 Å². The second-order valence-electron chi connectivity index (χ2n) is 4.61. The summed E-state index contributed by atoms with van der Waals surface area (Å²) in [6, 6.07) is -0.137. The molecule has 0 spiro atoms. The fraction of sp³-hybridized carbons (Fsp3) is 0.909. The molecule has 1 amide bonds. The summed E-state index contributed by atoms with van der Waals surface area (Å²) in [6.07, 6.45) is 2.10. The number of hydrogen-bond donors (Lipinski definition) is 2. The van der Waals surface area contributed by atoms with Gasteiger partial charge in [0.1, 0.15) is 0 Å². The van der Waals surface area contributed by atoms with Crippen LogP contribution in [0.15, 0.2) is 0 Å². The minimum Gasteiger partial charge on any atom is -0.381 e. The van der Waals surface area contributed by atoms with Gasteiger partial charge in [0, 0.05) is 38.7 Å². The zero-order chi connectivity index (χ0) is 11.4. The third-order valence-electron chi connectivity index (χ3n) is 3.48. The number of carbonyl (C=O) groups is 1. The van der Waals surface area contributed by atoms with Crippen LogP contribution in [-0.2, 0) is 9.53 Å². The number of nitrogens with two attached hydrogens (primary N) is 1. The van der Waals surface area contributed by atoms with E-state index in [-0.39, 0.29) is 17.9 Å². The third-order valence-corrected chi connectivity index (χ3v) is 3.48. The van der Waals surface area contributed by atoms with Crippen LogP contribution in [0.4, 0.5) is 0 Å². The normalized spacial score (nSPS) is 29.9. The molecule has 0 aliphatic carbocycles. The first-order valence-corrected chi connectivity index (χ1v) is 6.11. The second kappa shape index (κ2) is 5.61. The van der Waals surface area contributed by atoms with Crippen molar-refractivity contribution in [1.82, 2.24) is 10.2 Å². The van der Waals surface area contributed by atoms with Gasteiger partial charge in [0.15, 0.2) is 0 Å². The SMILES string of the molecule is NC(=O)C(C1CCCOC1)N1CCNCC1. The standard InChI is InChI=1S/C11H21N3O2/c12-11(15)10(9-2-1-7-16-8-9)14-5-3-13-4-6-14/h9-10,13H,1-8H2,(H2,12,15). The van der Waals surface area contributed by atoms with E-state index < -0.39 is 0 Å². The third kappa shape index (κ3) is 2.72. The first kappa shape index (κ1) is 11.8. The molecule has 2 fully saturated rings. The number of amides is 1. The van der Waals surface area contributed by atoms with Crippen LogP contribution in [0.5, 0.6) is 0 Å². The number of nitrogens with one attached hydrogen (secondary N) is 1. The van der Waals surface area contributed by atoms with Gasteiger partial charge in [-0.1, -0.05) is 0 Å². The van der Waals surface area contributed by atoms with Gasteiger partial charge in [0.25, 0.3) is 0 Å². The average molecular weight is 227 g/mol. The van der Waals surface area contributed by atoms with E-state index in [0.29, 0.717) is 6.61 Å². The molecular formula is C11H21N3O2. The molecule has 5 heteroatoms. The maximum Gasteiger partial charge on any atom is 0.235 e. The predicted molar refractivity (Wildman–Crippen MR) is 61.0 cm³/mol. The molecule has 0 aromatic rings. The molecule has 2 aliphatic heterocycles. The fourth-order valence-electron chi connectivity index (χ4n) is 2.69. The van der Waals surface area contributed by atoms with Crippen LogP contribution in [0.1, 0.15) is 12.8 Å². The van der Waals surface area contributed by atoms with Crippen molar-refractivity contribution < 1.29 is 9.53 Å². The molecule has 0 radical (unpaired) electrons. The number of rotatable bonds is 3. The summed E-state index contributed by atoms with van der Waals surface area (Å²) in [7, 11) is 0. The van der Waals surface area contributed by atoms with Crippen molar-refractivity contribution in [2.24, 2.45) is 11.7 Å². The number of nitrogens with zero attached hydrogens (tertiary/aromatic N) is 1. The smallest absolute Gasteiger partial charge is 0.235 e. The fourth-order valence-corrected chi connectivity index (χ4v) is 2.69. The van der Waals surface area contributed by atoms with E-state index in [1.54, 1.807) is 0 Å². The van der Waals surface area contributed by atoms with Crippen LogP contribution in [0.3, 0.4) is 0 Å². The van der Waals surface area contributed by atoms with E-state index in [2.05, 4.69) is 10.2 Å². The molecule has 5 nitrogen and oxygen atoms in total. The summed E-state index contributed by atoms with van der Waals surface area (Å²) in [5, 5.41) is 3.29. The highest BCUT2D eigenvalue weighted by molar-refractivity contribution is 5.80. The summed E-state index contributed by atoms with van der Waals surface area (Å²) in [5.74, 6) is 0.0850. The average Bonchev–Trinajstić information content (AvgIpc) is 2.31. The summed E-state index contributed by atoms with van der Waals surface area (Å²) in [6.45, 7) is 5.20. The lowest BCUT2D eigenvalue weighted by Crippen LogP contribution is -2.56. The van der Waals surface area contributed by atoms with Crippen molar-refractivity contribution in [2.75, 3.05) is 39.4 Å². The monoisotopic (exact) mass is 227 g/mol. The Balaban J connectivity index is 1.99. The minimum absolute atomic E-state index is 0.137. The van der Waals surface area contributed by atoms with E-state index >= 15 is 0 Å². The molecule has 2 saturated heterocycles. The Hall–Kier alpha value is -0.650. The molecule has 2 unspecified atom stereocenters. The lowest BCUT2D eigenvalue weighted by atomic mass is 9.91. The first-order valence-electron chi connectivity index (χ1n) is 6.11. The van der Waals surface area contributed by atoms with Gasteiger partial charge in [-0.3, -0.25) is 9.69 Å². The summed E-state index contributed by atoms with van der Waals surface area (Å²) < 4.78 is 5.45. The molecule has 2 aliphatic rings. The lowest BCUT2D eigenvalue weighted by Gasteiger charge is -2.38. The zero-order valence-corrected chi connectivity index (χ0v) is 9.65. The highest BCUT2D eigenvalue weighted by Crippen LogP contribution is 2.21. The van der Waals surface area contributed by atoms with Crippen LogP contribution in [0.2, 0.25) is 0 Å². The van der Waals surface area contributed by atoms with Crippen molar-refractivity contribution in [3.8, 4) is 0 Å². The van der Waals surface area contributed by atoms with Gasteiger partial charge in [0.05, 0.1) is 12.6 Å². The van der Waals surface area contributed by atoms with Gasteiger partial charge in [0.2, 0.25) is 5.91 Å². The molecule has 0 bridgehead atoms. The Bertz CT molecular complexity index is 217. The number of carbonyl (C=O) groups excluding carboxylic acids is 1. The summed E-state index contributed by atoms with van der Waals surface area (Å²) in [5.41, 5.74) is 5.54. The molecule has 0 aromatic carbocycles.